The summed E-state index contributed by atoms with van der Waals surface area (Å²) in [5.41, 5.74) is 5.71. The molecule has 0 N–H and O–H groups in total. The van der Waals surface area contributed by atoms with Gasteiger partial charge in [-0.2, -0.15) is 5.10 Å². The molecule has 5 rings (SSSR count). The third-order valence-corrected chi connectivity index (χ3v) is 5.45. The van der Waals surface area contributed by atoms with Gasteiger partial charge >= 0.3 is 0 Å². The highest BCUT2D eigenvalue weighted by molar-refractivity contribution is 6.01. The smallest absolute Gasteiger partial charge is 0.257 e. The zero-order valence-corrected chi connectivity index (χ0v) is 15.5. The Morgan fingerprint density at radius 1 is 0.893 bits per heavy atom. The molecule has 4 heterocycles. The number of piperidine rings is 1. The fourth-order valence-corrected chi connectivity index (χ4v) is 3.92. The van der Waals surface area contributed by atoms with Gasteiger partial charge in [-0.15, -0.1) is 0 Å². The van der Waals surface area contributed by atoms with Gasteiger partial charge in [0.15, 0.2) is 0 Å². The van der Waals surface area contributed by atoms with Gasteiger partial charge in [0, 0.05) is 24.2 Å². The SMILES string of the molecule is O=C(c1cnn2c(-c3ccc(-c4ccoc4)cc3)cccc12)N1CCCCC1. The second-order valence-electron chi connectivity index (χ2n) is 7.21. The van der Waals surface area contributed by atoms with Crippen LogP contribution in [0.4, 0.5) is 0 Å². The predicted octanol–water partition coefficient (Wildman–Crippen LogP) is 4.89. The van der Waals surface area contributed by atoms with Gasteiger partial charge in [-0.3, -0.25) is 4.79 Å². The summed E-state index contributed by atoms with van der Waals surface area (Å²) in [7, 11) is 0. The number of amides is 1. The van der Waals surface area contributed by atoms with Crippen molar-refractivity contribution in [1.82, 2.24) is 14.5 Å². The summed E-state index contributed by atoms with van der Waals surface area (Å²) in [6.07, 6.45) is 8.49. The molecule has 1 aromatic carbocycles. The first-order valence-corrected chi connectivity index (χ1v) is 9.70. The second kappa shape index (κ2) is 7.00. The molecule has 5 heteroatoms. The van der Waals surface area contributed by atoms with E-state index in [-0.39, 0.29) is 5.91 Å². The van der Waals surface area contributed by atoms with E-state index in [0.29, 0.717) is 5.56 Å². The summed E-state index contributed by atoms with van der Waals surface area (Å²) in [5.74, 6) is 0.0853. The highest BCUT2D eigenvalue weighted by atomic mass is 16.3. The molecule has 1 saturated heterocycles. The molecule has 0 unspecified atom stereocenters. The van der Waals surface area contributed by atoms with E-state index >= 15 is 0 Å². The number of furan rings is 1. The van der Waals surface area contributed by atoms with Crippen molar-refractivity contribution in [3.63, 3.8) is 0 Å². The molecule has 28 heavy (non-hydrogen) atoms. The summed E-state index contributed by atoms with van der Waals surface area (Å²) in [6, 6.07) is 16.2. The van der Waals surface area contributed by atoms with E-state index in [9.17, 15) is 4.79 Å². The first kappa shape index (κ1) is 16.8. The molecule has 0 atom stereocenters. The number of benzene rings is 1. The molecular weight excluding hydrogens is 350 g/mol. The lowest BCUT2D eigenvalue weighted by molar-refractivity contribution is 0.0726. The van der Waals surface area contributed by atoms with Gasteiger partial charge < -0.3 is 9.32 Å². The summed E-state index contributed by atoms with van der Waals surface area (Å²) in [4.78, 5) is 14.9. The highest BCUT2D eigenvalue weighted by Crippen LogP contribution is 2.27. The number of nitrogens with zero attached hydrogens (tertiary/aromatic N) is 3. The minimum atomic E-state index is 0.0853. The van der Waals surface area contributed by atoms with E-state index in [1.54, 1.807) is 18.7 Å². The Hall–Kier alpha value is -3.34. The normalized spacial score (nSPS) is 14.5. The van der Waals surface area contributed by atoms with E-state index in [2.05, 4.69) is 29.4 Å². The Labute approximate surface area is 163 Å². The summed E-state index contributed by atoms with van der Waals surface area (Å²) < 4.78 is 7.03. The van der Waals surface area contributed by atoms with Crippen molar-refractivity contribution < 1.29 is 9.21 Å². The summed E-state index contributed by atoms with van der Waals surface area (Å²) in [5, 5.41) is 4.54. The first-order valence-electron chi connectivity index (χ1n) is 9.70. The Morgan fingerprint density at radius 2 is 1.68 bits per heavy atom. The minimum Gasteiger partial charge on any atom is -0.472 e. The third-order valence-electron chi connectivity index (χ3n) is 5.45. The number of carbonyl (C=O) groups excluding carboxylic acids is 1. The Morgan fingerprint density at radius 3 is 2.43 bits per heavy atom. The van der Waals surface area contributed by atoms with Crippen molar-refractivity contribution in [3.05, 3.63) is 72.8 Å². The van der Waals surface area contributed by atoms with Crippen LogP contribution >= 0.6 is 0 Å². The number of likely N-dealkylation sites (tertiary alicyclic amines) is 1. The van der Waals surface area contributed by atoms with Crippen LogP contribution in [0.5, 0.6) is 0 Å². The van der Waals surface area contributed by atoms with Gasteiger partial charge in [-0.05, 0) is 43.0 Å². The van der Waals surface area contributed by atoms with Gasteiger partial charge in [0.2, 0.25) is 0 Å². The molecular formula is C23H21N3O2. The number of pyridine rings is 1. The standard InChI is InChI=1S/C23H21N3O2/c27-23(25-12-2-1-3-13-25)20-15-24-26-21(5-4-6-22(20)26)18-9-7-17(8-10-18)19-11-14-28-16-19/h4-11,14-16H,1-3,12-13H2. The lowest BCUT2D eigenvalue weighted by atomic mass is 10.0. The number of hydrogen-bond donors (Lipinski definition) is 0. The molecule has 140 valence electrons. The van der Waals surface area contributed by atoms with E-state index in [0.717, 1.165) is 53.8 Å². The fraction of sp³-hybridized carbons (Fsp3) is 0.217. The first-order chi connectivity index (χ1) is 13.8. The fourth-order valence-electron chi connectivity index (χ4n) is 3.92. The lowest BCUT2D eigenvalue weighted by Gasteiger charge is -2.26. The Bertz CT molecular complexity index is 1100. The molecule has 1 aliphatic heterocycles. The topological polar surface area (TPSA) is 50.8 Å². The highest BCUT2D eigenvalue weighted by Gasteiger charge is 2.22. The van der Waals surface area contributed by atoms with E-state index in [1.807, 2.05) is 33.7 Å². The van der Waals surface area contributed by atoms with Gasteiger partial charge in [0.25, 0.3) is 5.91 Å². The van der Waals surface area contributed by atoms with Crippen molar-refractivity contribution in [2.24, 2.45) is 0 Å². The number of hydrogen-bond acceptors (Lipinski definition) is 3. The largest absolute Gasteiger partial charge is 0.472 e. The number of aromatic nitrogens is 2. The zero-order chi connectivity index (χ0) is 18.9. The third kappa shape index (κ3) is 2.89. The van der Waals surface area contributed by atoms with Crippen LogP contribution in [0.3, 0.4) is 0 Å². The monoisotopic (exact) mass is 371 g/mol. The van der Waals surface area contributed by atoms with Crippen LogP contribution < -0.4 is 0 Å². The maximum atomic E-state index is 13.0. The maximum Gasteiger partial charge on any atom is 0.257 e. The van der Waals surface area contributed by atoms with Crippen LogP contribution in [-0.4, -0.2) is 33.5 Å². The van der Waals surface area contributed by atoms with Crippen molar-refractivity contribution >= 4 is 11.4 Å². The summed E-state index contributed by atoms with van der Waals surface area (Å²) >= 11 is 0. The van der Waals surface area contributed by atoms with Crippen molar-refractivity contribution in [2.45, 2.75) is 19.3 Å². The van der Waals surface area contributed by atoms with Crippen LogP contribution in [0.1, 0.15) is 29.6 Å². The second-order valence-corrected chi connectivity index (χ2v) is 7.21. The van der Waals surface area contributed by atoms with E-state index in [4.69, 9.17) is 4.42 Å². The van der Waals surface area contributed by atoms with Crippen LogP contribution in [0, 0.1) is 0 Å². The van der Waals surface area contributed by atoms with Gasteiger partial charge in [-0.1, -0.05) is 30.3 Å². The molecule has 0 spiro atoms. The molecule has 1 fully saturated rings. The van der Waals surface area contributed by atoms with E-state index < -0.39 is 0 Å². The molecule has 4 aromatic rings. The zero-order valence-electron chi connectivity index (χ0n) is 15.5. The molecule has 0 saturated carbocycles. The van der Waals surface area contributed by atoms with Gasteiger partial charge in [0.05, 0.1) is 35.5 Å². The molecule has 1 aliphatic rings. The van der Waals surface area contributed by atoms with Gasteiger partial charge in [-0.25, -0.2) is 4.52 Å². The molecule has 0 aliphatic carbocycles. The maximum absolute atomic E-state index is 13.0. The van der Waals surface area contributed by atoms with Crippen molar-refractivity contribution in [2.75, 3.05) is 13.1 Å². The van der Waals surface area contributed by atoms with Crippen LogP contribution in [-0.2, 0) is 0 Å². The van der Waals surface area contributed by atoms with Crippen molar-refractivity contribution in [3.8, 4) is 22.4 Å². The number of rotatable bonds is 3. The predicted molar refractivity (Wildman–Crippen MR) is 108 cm³/mol. The Kier molecular flexibility index (Phi) is 4.20. The van der Waals surface area contributed by atoms with Gasteiger partial charge in [0.1, 0.15) is 0 Å². The molecule has 1 amide bonds. The molecule has 0 bridgehead atoms. The number of fused-ring (bicyclic) bond motifs is 1. The summed E-state index contributed by atoms with van der Waals surface area (Å²) in [6.45, 7) is 1.68. The Balaban J connectivity index is 1.51. The van der Waals surface area contributed by atoms with Crippen molar-refractivity contribution in [1.29, 1.82) is 0 Å². The molecule has 3 aromatic heterocycles. The quantitative estimate of drug-likeness (QED) is 0.515. The van der Waals surface area contributed by atoms with Crippen LogP contribution in [0.25, 0.3) is 27.9 Å². The number of carbonyl (C=O) groups is 1. The molecule has 5 nitrogen and oxygen atoms in total. The lowest BCUT2D eigenvalue weighted by Crippen LogP contribution is -2.35. The molecule has 0 radical (unpaired) electrons. The average molecular weight is 371 g/mol. The average Bonchev–Trinajstić information content (AvgIpc) is 3.44. The minimum absolute atomic E-state index is 0.0853. The van der Waals surface area contributed by atoms with Crippen LogP contribution in [0.15, 0.2) is 71.7 Å². The van der Waals surface area contributed by atoms with E-state index in [1.165, 1.54) is 6.42 Å². The van der Waals surface area contributed by atoms with Crippen LogP contribution in [0.2, 0.25) is 0 Å².